The molecule has 0 aliphatic carbocycles. The molecule has 0 fully saturated rings. The van der Waals surface area contributed by atoms with Crippen LogP contribution in [-0.4, -0.2) is 30.3 Å². The fourth-order valence-electron chi connectivity index (χ4n) is 2.31. The van der Waals surface area contributed by atoms with Gasteiger partial charge in [-0.25, -0.2) is 9.98 Å². The molecule has 0 aliphatic rings. The summed E-state index contributed by atoms with van der Waals surface area (Å²) in [6.07, 6.45) is 1.82. The van der Waals surface area contributed by atoms with E-state index in [0.717, 1.165) is 11.3 Å². The van der Waals surface area contributed by atoms with Crippen molar-refractivity contribution in [2.45, 2.75) is 40.3 Å². The monoisotopic (exact) mass is 372 g/mol. The van der Waals surface area contributed by atoms with Crippen LogP contribution in [0.25, 0.3) is 0 Å². The van der Waals surface area contributed by atoms with Crippen LogP contribution in [0.1, 0.15) is 33.3 Å². The summed E-state index contributed by atoms with van der Waals surface area (Å²) < 4.78 is 16.7. The van der Waals surface area contributed by atoms with Crippen LogP contribution < -0.4 is 25.3 Å². The molecule has 1 aromatic heterocycles. The highest BCUT2D eigenvalue weighted by molar-refractivity contribution is 5.94. The highest BCUT2D eigenvalue weighted by Gasteiger charge is 2.07. The lowest BCUT2D eigenvalue weighted by atomic mass is 10.2. The summed E-state index contributed by atoms with van der Waals surface area (Å²) in [6.45, 7) is 9.33. The Labute approximate surface area is 160 Å². The van der Waals surface area contributed by atoms with Gasteiger partial charge in [0.15, 0.2) is 5.96 Å². The first-order valence-corrected chi connectivity index (χ1v) is 9.10. The second kappa shape index (κ2) is 10.3. The summed E-state index contributed by atoms with van der Waals surface area (Å²) in [5.74, 6) is 2.31. The average Bonchev–Trinajstić information content (AvgIpc) is 2.63. The van der Waals surface area contributed by atoms with E-state index in [-0.39, 0.29) is 12.1 Å². The van der Waals surface area contributed by atoms with Gasteiger partial charge >= 0.3 is 0 Å². The van der Waals surface area contributed by atoms with Crippen LogP contribution >= 0.6 is 0 Å². The van der Waals surface area contributed by atoms with Crippen LogP contribution in [0.2, 0.25) is 0 Å². The number of anilines is 1. The lowest BCUT2D eigenvalue weighted by Gasteiger charge is -2.14. The third-order valence-electron chi connectivity index (χ3n) is 3.41. The van der Waals surface area contributed by atoms with E-state index in [4.69, 9.17) is 19.9 Å². The van der Waals surface area contributed by atoms with Gasteiger partial charge in [0.25, 0.3) is 0 Å². The van der Waals surface area contributed by atoms with Crippen molar-refractivity contribution in [2.24, 2.45) is 10.7 Å². The zero-order valence-corrected chi connectivity index (χ0v) is 16.4. The van der Waals surface area contributed by atoms with Crippen molar-refractivity contribution < 1.29 is 14.2 Å². The number of benzene rings is 1. The lowest BCUT2D eigenvalue weighted by Crippen LogP contribution is -2.23. The van der Waals surface area contributed by atoms with Gasteiger partial charge in [0.1, 0.15) is 11.5 Å². The maximum Gasteiger partial charge on any atom is 0.213 e. The van der Waals surface area contributed by atoms with Crippen molar-refractivity contribution in [1.29, 1.82) is 0 Å². The molecule has 2 rings (SSSR count). The van der Waals surface area contributed by atoms with Crippen LogP contribution in [0.3, 0.4) is 0 Å². The van der Waals surface area contributed by atoms with Gasteiger partial charge < -0.3 is 25.3 Å². The Kier molecular flexibility index (Phi) is 7.73. The normalized spacial score (nSPS) is 11.4. The lowest BCUT2D eigenvalue weighted by molar-refractivity contribution is 0.232. The van der Waals surface area contributed by atoms with Gasteiger partial charge in [-0.15, -0.1) is 0 Å². The Morgan fingerprint density at radius 3 is 2.56 bits per heavy atom. The largest absolute Gasteiger partial charge is 0.494 e. The van der Waals surface area contributed by atoms with Crippen LogP contribution in [0, 0.1) is 0 Å². The van der Waals surface area contributed by atoms with Gasteiger partial charge in [0, 0.05) is 18.3 Å². The predicted molar refractivity (Wildman–Crippen MR) is 108 cm³/mol. The number of aromatic nitrogens is 1. The Bertz CT molecular complexity index is 745. The van der Waals surface area contributed by atoms with Gasteiger partial charge in [-0.05, 0) is 45.4 Å². The molecule has 0 atom stereocenters. The molecule has 0 radical (unpaired) electrons. The molecule has 0 saturated carbocycles. The second-order valence-electron chi connectivity index (χ2n) is 6.02. The summed E-state index contributed by atoms with van der Waals surface area (Å²) in [5.41, 5.74) is 7.68. The van der Waals surface area contributed by atoms with E-state index < -0.39 is 0 Å². The summed E-state index contributed by atoms with van der Waals surface area (Å²) in [6, 6.07) is 9.30. The van der Waals surface area contributed by atoms with E-state index in [1.807, 2.05) is 58.0 Å². The molecule has 0 aliphatic heterocycles. The standard InChI is InChI=1S/C20H28N4O3/c1-5-25-16-8-9-18(26-6-2)17(11-16)24-20(21)23-13-15-7-10-19(22-12-15)27-14(3)4/h7-12,14H,5-6,13H2,1-4H3,(H3,21,23,24). The topological polar surface area (TPSA) is 91.0 Å². The molecule has 1 heterocycles. The highest BCUT2D eigenvalue weighted by atomic mass is 16.5. The number of guanidine groups is 1. The zero-order valence-electron chi connectivity index (χ0n) is 16.4. The Hall–Kier alpha value is -2.96. The van der Waals surface area contributed by atoms with E-state index in [1.165, 1.54) is 0 Å². The molecular weight excluding hydrogens is 344 g/mol. The molecule has 0 bridgehead atoms. The SMILES string of the molecule is CCOc1ccc(OCC)c(NC(N)=NCc2ccc(OC(C)C)nc2)c1. The Morgan fingerprint density at radius 2 is 1.93 bits per heavy atom. The maximum atomic E-state index is 6.04. The van der Waals surface area contributed by atoms with Crippen molar-refractivity contribution in [3.63, 3.8) is 0 Å². The Morgan fingerprint density at radius 1 is 1.15 bits per heavy atom. The van der Waals surface area contributed by atoms with Crippen molar-refractivity contribution in [1.82, 2.24) is 4.98 Å². The summed E-state index contributed by atoms with van der Waals surface area (Å²) in [7, 11) is 0. The van der Waals surface area contributed by atoms with Crippen molar-refractivity contribution in [3.8, 4) is 17.4 Å². The number of nitrogens with two attached hydrogens (primary N) is 1. The minimum atomic E-state index is 0.0909. The second-order valence-corrected chi connectivity index (χ2v) is 6.02. The number of nitrogens with one attached hydrogen (secondary N) is 1. The van der Waals surface area contributed by atoms with E-state index in [9.17, 15) is 0 Å². The smallest absolute Gasteiger partial charge is 0.213 e. The number of hydrogen-bond acceptors (Lipinski definition) is 5. The summed E-state index contributed by atoms with van der Waals surface area (Å²) in [4.78, 5) is 8.63. The van der Waals surface area contributed by atoms with Crippen molar-refractivity contribution in [3.05, 3.63) is 42.1 Å². The highest BCUT2D eigenvalue weighted by Crippen LogP contribution is 2.29. The van der Waals surface area contributed by atoms with Gasteiger partial charge in [0.2, 0.25) is 5.88 Å². The van der Waals surface area contributed by atoms with Gasteiger partial charge in [-0.1, -0.05) is 6.07 Å². The summed E-state index contributed by atoms with van der Waals surface area (Å²) in [5, 5.41) is 3.08. The zero-order chi connectivity index (χ0) is 19.6. The van der Waals surface area contributed by atoms with E-state index in [0.29, 0.717) is 37.1 Å². The molecular formula is C20H28N4O3. The van der Waals surface area contributed by atoms with Gasteiger partial charge in [0.05, 0.1) is 31.5 Å². The summed E-state index contributed by atoms with van der Waals surface area (Å²) >= 11 is 0. The Balaban J connectivity index is 2.04. The van der Waals surface area contributed by atoms with E-state index in [1.54, 1.807) is 6.20 Å². The van der Waals surface area contributed by atoms with Crippen LogP contribution in [-0.2, 0) is 6.54 Å². The fraction of sp³-hybridized carbons (Fsp3) is 0.400. The molecule has 3 N–H and O–H groups in total. The van der Waals surface area contributed by atoms with Crippen molar-refractivity contribution >= 4 is 11.6 Å². The molecule has 1 aromatic carbocycles. The van der Waals surface area contributed by atoms with Crippen LogP contribution in [0.15, 0.2) is 41.5 Å². The molecule has 0 spiro atoms. The van der Waals surface area contributed by atoms with Crippen LogP contribution in [0.4, 0.5) is 5.69 Å². The minimum Gasteiger partial charge on any atom is -0.494 e. The fourth-order valence-corrected chi connectivity index (χ4v) is 2.31. The molecule has 27 heavy (non-hydrogen) atoms. The van der Waals surface area contributed by atoms with E-state index in [2.05, 4.69) is 15.3 Å². The van der Waals surface area contributed by atoms with E-state index >= 15 is 0 Å². The molecule has 7 nitrogen and oxygen atoms in total. The number of ether oxygens (including phenoxy) is 3. The molecule has 2 aromatic rings. The van der Waals surface area contributed by atoms with Crippen LogP contribution in [0.5, 0.6) is 17.4 Å². The predicted octanol–water partition coefficient (Wildman–Crippen LogP) is 3.59. The average molecular weight is 372 g/mol. The first-order valence-electron chi connectivity index (χ1n) is 9.10. The molecule has 0 amide bonds. The van der Waals surface area contributed by atoms with Gasteiger partial charge in [-0.2, -0.15) is 0 Å². The van der Waals surface area contributed by atoms with Gasteiger partial charge in [-0.3, -0.25) is 0 Å². The first kappa shape index (κ1) is 20.4. The van der Waals surface area contributed by atoms with Crippen molar-refractivity contribution in [2.75, 3.05) is 18.5 Å². The molecule has 7 heteroatoms. The third kappa shape index (κ3) is 6.69. The first-order chi connectivity index (χ1) is 13.0. The molecule has 0 saturated heterocycles. The number of pyridine rings is 1. The molecule has 0 unspecified atom stereocenters. The quantitative estimate of drug-likeness (QED) is 0.516. The third-order valence-corrected chi connectivity index (χ3v) is 3.41. The molecule has 146 valence electrons. The number of hydrogen-bond donors (Lipinski definition) is 2. The number of rotatable bonds is 9. The minimum absolute atomic E-state index is 0.0909. The number of aliphatic imine (C=N–C) groups is 1. The number of nitrogens with zero attached hydrogens (tertiary/aromatic N) is 2. The maximum absolute atomic E-state index is 6.04.